The van der Waals surface area contributed by atoms with Crippen molar-refractivity contribution >= 4 is 11.4 Å². The molecule has 0 saturated carbocycles. The molecule has 0 heterocycles. The Morgan fingerprint density at radius 2 is 1.60 bits per heavy atom. The molecular formula is C14H11N. The van der Waals surface area contributed by atoms with Crippen LogP contribution in [0.15, 0.2) is 54.6 Å². The molecule has 0 aliphatic heterocycles. The van der Waals surface area contributed by atoms with Gasteiger partial charge in [0.1, 0.15) is 0 Å². The van der Waals surface area contributed by atoms with E-state index in [-0.39, 0.29) is 0 Å². The second-order valence-corrected chi connectivity index (χ2v) is 3.22. The van der Waals surface area contributed by atoms with Crippen LogP contribution in [-0.4, -0.2) is 0 Å². The summed E-state index contributed by atoms with van der Waals surface area (Å²) in [6.07, 6.45) is 5.33. The Bertz CT molecular complexity index is 480. The first-order chi connectivity index (χ1) is 7.38. The third-order valence-corrected chi connectivity index (χ3v) is 2.09. The maximum absolute atomic E-state index is 5.33. The number of anilines is 2. The van der Waals surface area contributed by atoms with Gasteiger partial charge in [-0.3, -0.25) is 0 Å². The molecule has 0 spiro atoms. The Kier molecular flexibility index (Phi) is 2.71. The van der Waals surface area contributed by atoms with Gasteiger partial charge in [-0.25, -0.2) is 0 Å². The summed E-state index contributed by atoms with van der Waals surface area (Å²) in [5, 5.41) is 3.28. The molecule has 1 N–H and O–H groups in total. The summed E-state index contributed by atoms with van der Waals surface area (Å²) in [7, 11) is 0. The molecule has 1 heteroatoms. The zero-order chi connectivity index (χ0) is 10.5. The Balaban J connectivity index is 2.22. The van der Waals surface area contributed by atoms with Gasteiger partial charge in [-0.05, 0) is 30.3 Å². The standard InChI is InChI=1S/C14H11N/c1-2-12-7-6-10-14(11-12)15-13-8-4-3-5-9-13/h1,3-11,15H. The number of hydrogen-bond acceptors (Lipinski definition) is 1. The van der Waals surface area contributed by atoms with Crippen molar-refractivity contribution in [2.24, 2.45) is 0 Å². The SMILES string of the molecule is C#Cc1cccc(Nc2ccccc2)c1. The zero-order valence-corrected chi connectivity index (χ0v) is 8.27. The monoisotopic (exact) mass is 193 g/mol. The van der Waals surface area contributed by atoms with E-state index in [0.29, 0.717) is 0 Å². The molecule has 0 aliphatic carbocycles. The summed E-state index contributed by atoms with van der Waals surface area (Å²) in [6.45, 7) is 0. The lowest BCUT2D eigenvalue weighted by atomic mass is 10.2. The fraction of sp³-hybridized carbons (Fsp3) is 0. The van der Waals surface area contributed by atoms with Crippen molar-refractivity contribution < 1.29 is 0 Å². The number of nitrogens with one attached hydrogen (secondary N) is 1. The molecule has 0 atom stereocenters. The highest BCUT2D eigenvalue weighted by Gasteiger charge is 1.93. The van der Waals surface area contributed by atoms with Crippen LogP contribution in [0.2, 0.25) is 0 Å². The topological polar surface area (TPSA) is 12.0 Å². The molecule has 0 aromatic heterocycles. The molecule has 2 rings (SSSR count). The molecule has 2 aromatic carbocycles. The van der Waals surface area contributed by atoms with Gasteiger partial charge in [0, 0.05) is 16.9 Å². The largest absolute Gasteiger partial charge is 0.355 e. The summed E-state index contributed by atoms with van der Waals surface area (Å²) in [5.74, 6) is 2.61. The summed E-state index contributed by atoms with van der Waals surface area (Å²) >= 11 is 0. The van der Waals surface area contributed by atoms with Crippen molar-refractivity contribution in [2.45, 2.75) is 0 Å². The number of terminal acetylenes is 1. The molecule has 2 aromatic rings. The van der Waals surface area contributed by atoms with E-state index in [0.717, 1.165) is 16.9 Å². The van der Waals surface area contributed by atoms with Crippen LogP contribution in [0, 0.1) is 12.3 Å². The average Bonchev–Trinajstić information content (AvgIpc) is 2.31. The second kappa shape index (κ2) is 4.34. The lowest BCUT2D eigenvalue weighted by Crippen LogP contribution is -1.89. The number of para-hydroxylation sites is 1. The minimum absolute atomic E-state index is 0.885. The Morgan fingerprint density at radius 3 is 2.33 bits per heavy atom. The van der Waals surface area contributed by atoms with E-state index in [9.17, 15) is 0 Å². The maximum Gasteiger partial charge on any atom is 0.0396 e. The number of benzene rings is 2. The van der Waals surface area contributed by atoms with E-state index >= 15 is 0 Å². The quantitative estimate of drug-likeness (QED) is 0.721. The second-order valence-electron chi connectivity index (χ2n) is 3.22. The molecule has 1 nitrogen and oxygen atoms in total. The van der Waals surface area contributed by atoms with Crippen molar-refractivity contribution in [1.29, 1.82) is 0 Å². The highest BCUT2D eigenvalue weighted by Crippen LogP contribution is 2.16. The van der Waals surface area contributed by atoms with E-state index in [1.54, 1.807) is 0 Å². The van der Waals surface area contributed by atoms with Gasteiger partial charge < -0.3 is 5.32 Å². The van der Waals surface area contributed by atoms with E-state index in [1.807, 2.05) is 54.6 Å². The highest BCUT2D eigenvalue weighted by molar-refractivity contribution is 5.61. The zero-order valence-electron chi connectivity index (χ0n) is 8.27. The molecule has 0 bridgehead atoms. The van der Waals surface area contributed by atoms with Crippen molar-refractivity contribution in [3.05, 3.63) is 60.2 Å². The van der Waals surface area contributed by atoms with Gasteiger partial charge in [0.25, 0.3) is 0 Å². The average molecular weight is 193 g/mol. The van der Waals surface area contributed by atoms with Crippen molar-refractivity contribution in [1.82, 2.24) is 0 Å². The van der Waals surface area contributed by atoms with Crippen molar-refractivity contribution in [3.63, 3.8) is 0 Å². The molecule has 0 unspecified atom stereocenters. The van der Waals surface area contributed by atoms with Crippen molar-refractivity contribution in [3.8, 4) is 12.3 Å². The van der Waals surface area contributed by atoms with E-state index in [4.69, 9.17) is 6.42 Å². The Hall–Kier alpha value is -2.20. The fourth-order valence-electron chi connectivity index (χ4n) is 1.37. The van der Waals surface area contributed by atoms with Gasteiger partial charge in [-0.2, -0.15) is 0 Å². The molecule has 0 amide bonds. The predicted molar refractivity (Wildman–Crippen MR) is 64.1 cm³/mol. The summed E-state index contributed by atoms with van der Waals surface area (Å²) in [6, 6.07) is 17.8. The Labute approximate surface area is 89.8 Å². The van der Waals surface area contributed by atoms with Gasteiger partial charge in [0.2, 0.25) is 0 Å². The third-order valence-electron chi connectivity index (χ3n) is 2.09. The lowest BCUT2D eigenvalue weighted by Gasteiger charge is -2.05. The fourth-order valence-corrected chi connectivity index (χ4v) is 1.37. The smallest absolute Gasteiger partial charge is 0.0396 e. The number of hydrogen-bond donors (Lipinski definition) is 1. The van der Waals surface area contributed by atoms with Crippen molar-refractivity contribution in [2.75, 3.05) is 5.32 Å². The molecular weight excluding hydrogens is 182 g/mol. The summed E-state index contributed by atoms with van der Waals surface area (Å²) < 4.78 is 0. The molecule has 0 fully saturated rings. The molecule has 0 aliphatic rings. The van der Waals surface area contributed by atoms with E-state index in [2.05, 4.69) is 11.2 Å². The predicted octanol–water partition coefficient (Wildman–Crippen LogP) is 3.41. The molecule has 72 valence electrons. The summed E-state index contributed by atoms with van der Waals surface area (Å²) in [4.78, 5) is 0. The highest BCUT2D eigenvalue weighted by atomic mass is 14.9. The van der Waals surface area contributed by atoms with Gasteiger partial charge in [-0.1, -0.05) is 30.2 Å². The minimum atomic E-state index is 0.885. The third kappa shape index (κ3) is 2.38. The van der Waals surface area contributed by atoms with Gasteiger partial charge in [0.05, 0.1) is 0 Å². The summed E-state index contributed by atoms with van der Waals surface area (Å²) in [5.41, 5.74) is 2.96. The number of rotatable bonds is 2. The molecule has 0 saturated heterocycles. The van der Waals surface area contributed by atoms with Crippen LogP contribution in [0.1, 0.15) is 5.56 Å². The Morgan fingerprint density at radius 1 is 0.867 bits per heavy atom. The van der Waals surface area contributed by atoms with Crippen LogP contribution in [-0.2, 0) is 0 Å². The maximum atomic E-state index is 5.33. The normalized spacial score (nSPS) is 9.27. The van der Waals surface area contributed by atoms with Crippen LogP contribution in [0.5, 0.6) is 0 Å². The lowest BCUT2D eigenvalue weighted by molar-refractivity contribution is 1.54. The first-order valence-corrected chi connectivity index (χ1v) is 4.77. The molecule has 15 heavy (non-hydrogen) atoms. The first kappa shape index (κ1) is 9.36. The van der Waals surface area contributed by atoms with Crippen LogP contribution >= 0.6 is 0 Å². The van der Waals surface area contributed by atoms with Crippen LogP contribution < -0.4 is 5.32 Å². The van der Waals surface area contributed by atoms with Crippen LogP contribution in [0.25, 0.3) is 0 Å². The van der Waals surface area contributed by atoms with Crippen LogP contribution in [0.3, 0.4) is 0 Å². The van der Waals surface area contributed by atoms with Gasteiger partial charge in [0.15, 0.2) is 0 Å². The van der Waals surface area contributed by atoms with E-state index in [1.165, 1.54) is 0 Å². The minimum Gasteiger partial charge on any atom is -0.355 e. The van der Waals surface area contributed by atoms with E-state index < -0.39 is 0 Å². The van der Waals surface area contributed by atoms with Crippen LogP contribution in [0.4, 0.5) is 11.4 Å². The molecule has 0 radical (unpaired) electrons. The first-order valence-electron chi connectivity index (χ1n) is 4.77. The van der Waals surface area contributed by atoms with Gasteiger partial charge >= 0.3 is 0 Å². The van der Waals surface area contributed by atoms with Gasteiger partial charge in [-0.15, -0.1) is 6.42 Å².